The predicted octanol–water partition coefficient (Wildman–Crippen LogP) is 0.771. The molecule has 4 nitrogen and oxygen atoms in total. The summed E-state index contributed by atoms with van der Waals surface area (Å²) < 4.78 is 25.7. The second kappa shape index (κ2) is 3.94. The highest BCUT2D eigenvalue weighted by molar-refractivity contribution is 7.86. The monoisotopic (exact) mass is 208 g/mol. The zero-order valence-electron chi connectivity index (χ0n) is 9.33. The zero-order chi connectivity index (χ0) is 10.9. The van der Waals surface area contributed by atoms with Gasteiger partial charge in [-0.2, -0.15) is 17.0 Å². The Morgan fingerprint density at radius 3 is 1.69 bits per heavy atom. The quantitative estimate of drug-likeness (QED) is 0.687. The van der Waals surface area contributed by atoms with Crippen LogP contribution in [0.5, 0.6) is 0 Å². The maximum atomic E-state index is 11.6. The van der Waals surface area contributed by atoms with Crippen molar-refractivity contribution < 1.29 is 8.42 Å². The highest BCUT2D eigenvalue weighted by Crippen LogP contribution is 2.16. The molecular formula is C8H20N2O2S. The van der Waals surface area contributed by atoms with Gasteiger partial charge in [0.2, 0.25) is 0 Å². The zero-order valence-corrected chi connectivity index (χ0v) is 10.1. The van der Waals surface area contributed by atoms with E-state index in [-0.39, 0.29) is 5.41 Å². The number of rotatable bonds is 3. The Labute approximate surface area is 81.7 Å². The second-order valence-corrected chi connectivity index (χ2v) is 6.86. The minimum Gasteiger partial charge on any atom is -0.195 e. The molecule has 0 aliphatic heterocycles. The van der Waals surface area contributed by atoms with Crippen LogP contribution in [0, 0.1) is 5.41 Å². The molecule has 0 radical (unpaired) electrons. The third-order valence-electron chi connectivity index (χ3n) is 1.55. The van der Waals surface area contributed by atoms with Crippen LogP contribution in [-0.4, -0.2) is 44.7 Å². The summed E-state index contributed by atoms with van der Waals surface area (Å²) in [6.45, 7) is 6.55. The fourth-order valence-corrected chi connectivity index (χ4v) is 2.14. The van der Waals surface area contributed by atoms with E-state index in [1.807, 2.05) is 20.8 Å². The molecule has 0 amide bonds. The first kappa shape index (κ1) is 12.9. The average Bonchev–Trinajstić information content (AvgIpc) is 1.82. The van der Waals surface area contributed by atoms with Crippen LogP contribution in [0.2, 0.25) is 0 Å². The van der Waals surface area contributed by atoms with Gasteiger partial charge in [0, 0.05) is 27.7 Å². The van der Waals surface area contributed by atoms with Gasteiger partial charge in [0.05, 0.1) is 0 Å². The molecule has 0 spiro atoms. The molecule has 0 N–H and O–H groups in total. The van der Waals surface area contributed by atoms with Gasteiger partial charge in [-0.25, -0.2) is 0 Å². The molecule has 80 valence electrons. The third kappa shape index (κ3) is 4.06. The van der Waals surface area contributed by atoms with E-state index in [9.17, 15) is 8.42 Å². The normalized spacial score (nSPS) is 14.2. The van der Waals surface area contributed by atoms with Crippen LogP contribution < -0.4 is 0 Å². The van der Waals surface area contributed by atoms with Crippen LogP contribution in [0.1, 0.15) is 20.8 Å². The van der Waals surface area contributed by atoms with Gasteiger partial charge in [0.25, 0.3) is 10.2 Å². The van der Waals surface area contributed by atoms with E-state index in [0.29, 0.717) is 6.54 Å². The van der Waals surface area contributed by atoms with Crippen LogP contribution in [-0.2, 0) is 10.2 Å². The van der Waals surface area contributed by atoms with E-state index in [0.717, 1.165) is 0 Å². The summed E-state index contributed by atoms with van der Waals surface area (Å²) in [6, 6.07) is 0. The van der Waals surface area contributed by atoms with Gasteiger partial charge in [0.15, 0.2) is 0 Å². The summed E-state index contributed by atoms with van der Waals surface area (Å²) in [5, 5.41) is 0. The summed E-state index contributed by atoms with van der Waals surface area (Å²) in [6.07, 6.45) is 0. The highest BCUT2D eigenvalue weighted by atomic mass is 32.2. The number of hydrogen-bond donors (Lipinski definition) is 0. The van der Waals surface area contributed by atoms with E-state index in [1.165, 1.54) is 22.7 Å². The summed E-state index contributed by atoms with van der Waals surface area (Å²) in [7, 11) is 1.43. The van der Waals surface area contributed by atoms with Gasteiger partial charge in [-0.3, -0.25) is 0 Å². The molecular weight excluding hydrogens is 188 g/mol. The Balaban J connectivity index is 4.54. The molecule has 0 saturated carbocycles. The lowest BCUT2D eigenvalue weighted by molar-refractivity contribution is 0.298. The van der Waals surface area contributed by atoms with Crippen LogP contribution in [0.4, 0.5) is 0 Å². The van der Waals surface area contributed by atoms with Crippen LogP contribution >= 0.6 is 0 Å². The Bertz CT molecular complexity index is 252. The largest absolute Gasteiger partial charge is 0.281 e. The summed E-state index contributed by atoms with van der Waals surface area (Å²) >= 11 is 0. The Hall–Kier alpha value is -0.130. The minimum atomic E-state index is -3.24. The molecule has 0 aromatic heterocycles. The van der Waals surface area contributed by atoms with Crippen LogP contribution in [0.15, 0.2) is 0 Å². The van der Waals surface area contributed by atoms with Gasteiger partial charge < -0.3 is 0 Å². The number of hydrogen-bond acceptors (Lipinski definition) is 2. The first-order valence-corrected chi connectivity index (χ1v) is 5.61. The Kier molecular flexibility index (Phi) is 3.90. The van der Waals surface area contributed by atoms with Crippen molar-refractivity contribution in [2.45, 2.75) is 20.8 Å². The molecule has 0 aromatic carbocycles. The maximum absolute atomic E-state index is 11.6. The maximum Gasteiger partial charge on any atom is 0.281 e. The first-order chi connectivity index (χ1) is 5.57. The minimum absolute atomic E-state index is 0.0160. The summed E-state index contributed by atoms with van der Waals surface area (Å²) in [5.41, 5.74) is -0.0160. The van der Waals surface area contributed by atoms with Gasteiger partial charge in [0.1, 0.15) is 0 Å². The highest BCUT2D eigenvalue weighted by Gasteiger charge is 2.24. The lowest BCUT2D eigenvalue weighted by Gasteiger charge is -2.28. The van der Waals surface area contributed by atoms with E-state index < -0.39 is 10.2 Å². The van der Waals surface area contributed by atoms with Crippen molar-refractivity contribution in [3.8, 4) is 0 Å². The van der Waals surface area contributed by atoms with E-state index >= 15 is 0 Å². The molecule has 0 bridgehead atoms. The van der Waals surface area contributed by atoms with E-state index in [4.69, 9.17) is 0 Å². The molecule has 0 saturated heterocycles. The van der Waals surface area contributed by atoms with Crippen LogP contribution in [0.3, 0.4) is 0 Å². The van der Waals surface area contributed by atoms with Crippen molar-refractivity contribution in [3.05, 3.63) is 0 Å². The Morgan fingerprint density at radius 1 is 1.08 bits per heavy atom. The first-order valence-electron chi connectivity index (χ1n) is 4.21. The fraction of sp³-hybridized carbons (Fsp3) is 1.00. The van der Waals surface area contributed by atoms with Gasteiger partial charge >= 0.3 is 0 Å². The number of nitrogens with zero attached hydrogens (tertiary/aromatic N) is 2. The van der Waals surface area contributed by atoms with Crippen molar-refractivity contribution >= 4 is 10.2 Å². The fourth-order valence-electron chi connectivity index (χ4n) is 1.03. The lowest BCUT2D eigenvalue weighted by Crippen LogP contribution is -2.41. The smallest absolute Gasteiger partial charge is 0.195 e. The Morgan fingerprint density at radius 2 is 1.46 bits per heavy atom. The van der Waals surface area contributed by atoms with E-state index in [1.54, 1.807) is 7.05 Å². The molecule has 5 heteroatoms. The van der Waals surface area contributed by atoms with Gasteiger partial charge in [-0.15, -0.1) is 0 Å². The third-order valence-corrected chi connectivity index (χ3v) is 3.39. The molecule has 0 unspecified atom stereocenters. The van der Waals surface area contributed by atoms with Crippen molar-refractivity contribution in [3.63, 3.8) is 0 Å². The molecule has 0 aliphatic carbocycles. The molecule has 0 aromatic rings. The molecule has 0 aliphatic rings. The summed E-state index contributed by atoms with van der Waals surface area (Å²) in [5.74, 6) is 0. The van der Waals surface area contributed by atoms with Crippen molar-refractivity contribution in [1.29, 1.82) is 0 Å². The average molecular weight is 208 g/mol. The summed E-state index contributed by atoms with van der Waals surface area (Å²) in [4.78, 5) is 0. The second-order valence-electron chi connectivity index (χ2n) is 4.61. The molecule has 13 heavy (non-hydrogen) atoms. The standard InChI is InChI=1S/C8H20N2O2S/c1-8(2,3)7-10(6)13(11,12)9(4)5/h7H2,1-6H3. The van der Waals surface area contributed by atoms with Crippen molar-refractivity contribution in [1.82, 2.24) is 8.61 Å². The van der Waals surface area contributed by atoms with Crippen molar-refractivity contribution in [2.75, 3.05) is 27.7 Å². The van der Waals surface area contributed by atoms with Gasteiger partial charge in [-0.1, -0.05) is 20.8 Å². The van der Waals surface area contributed by atoms with Crippen molar-refractivity contribution in [2.24, 2.45) is 5.41 Å². The molecule has 0 atom stereocenters. The SMILES string of the molecule is CN(C)S(=O)(=O)N(C)CC(C)(C)C. The lowest BCUT2D eigenvalue weighted by atomic mass is 9.97. The molecule has 0 heterocycles. The topological polar surface area (TPSA) is 40.6 Å². The van der Waals surface area contributed by atoms with E-state index in [2.05, 4.69) is 0 Å². The van der Waals surface area contributed by atoms with Crippen LogP contribution in [0.25, 0.3) is 0 Å². The predicted molar refractivity (Wildman–Crippen MR) is 54.7 cm³/mol. The molecule has 0 rings (SSSR count). The molecule has 0 fully saturated rings. The van der Waals surface area contributed by atoms with Gasteiger partial charge in [-0.05, 0) is 5.41 Å².